The summed E-state index contributed by atoms with van der Waals surface area (Å²) in [6, 6.07) is 5.26. The quantitative estimate of drug-likeness (QED) is 0.679. The van der Waals surface area contributed by atoms with E-state index in [4.69, 9.17) is 11.6 Å². The van der Waals surface area contributed by atoms with Gasteiger partial charge in [-0.2, -0.15) is 0 Å². The summed E-state index contributed by atoms with van der Waals surface area (Å²) in [5.41, 5.74) is 1.55. The molecular weight excluding hydrogens is 296 g/mol. The molecule has 1 aromatic heterocycles. The number of aromatic nitrogens is 2. The Morgan fingerprint density at radius 1 is 1.52 bits per heavy atom. The van der Waals surface area contributed by atoms with E-state index in [1.54, 1.807) is 12.1 Å². The van der Waals surface area contributed by atoms with Crippen LogP contribution in [-0.4, -0.2) is 20.4 Å². The van der Waals surface area contributed by atoms with Crippen molar-refractivity contribution in [1.82, 2.24) is 9.55 Å². The van der Waals surface area contributed by atoms with Gasteiger partial charge in [0.15, 0.2) is 0 Å². The first-order valence-electron chi connectivity index (χ1n) is 6.18. The molecule has 0 aliphatic rings. The van der Waals surface area contributed by atoms with Crippen molar-refractivity contribution < 1.29 is 9.72 Å². The van der Waals surface area contributed by atoms with Crippen LogP contribution in [0.25, 0.3) is 0 Å². The molecule has 0 saturated carbocycles. The molecule has 1 amide bonds. The van der Waals surface area contributed by atoms with Gasteiger partial charge in [0.05, 0.1) is 0 Å². The number of hydrogen-bond donors (Lipinski definition) is 1. The molecule has 0 saturated heterocycles. The van der Waals surface area contributed by atoms with E-state index in [0.717, 1.165) is 5.56 Å². The number of carbonyl (C=O) groups is 1. The van der Waals surface area contributed by atoms with Crippen LogP contribution in [0.5, 0.6) is 0 Å². The Balaban J connectivity index is 1.89. The van der Waals surface area contributed by atoms with E-state index in [0.29, 0.717) is 17.3 Å². The van der Waals surface area contributed by atoms with Crippen molar-refractivity contribution in [3.63, 3.8) is 0 Å². The van der Waals surface area contributed by atoms with Crippen LogP contribution < -0.4 is 5.32 Å². The summed E-state index contributed by atoms with van der Waals surface area (Å²) >= 11 is 5.98. The van der Waals surface area contributed by atoms with Crippen LogP contribution >= 0.6 is 11.6 Å². The minimum Gasteiger partial charge on any atom is -0.358 e. The lowest BCUT2D eigenvalue weighted by molar-refractivity contribution is -0.389. The number of nitro groups is 1. The zero-order chi connectivity index (χ0) is 15.4. The average Bonchev–Trinajstić information content (AvgIpc) is 2.90. The summed E-state index contributed by atoms with van der Waals surface area (Å²) in [4.78, 5) is 25.3. The van der Waals surface area contributed by atoms with E-state index in [1.807, 2.05) is 13.0 Å². The number of hydrogen-bond acceptors (Lipinski definition) is 4. The fraction of sp³-hybridized carbons (Fsp3) is 0.231. The minimum absolute atomic E-state index is 0.180. The fourth-order valence-corrected chi connectivity index (χ4v) is 1.87. The Morgan fingerprint density at radius 2 is 2.29 bits per heavy atom. The monoisotopic (exact) mass is 308 g/mol. The van der Waals surface area contributed by atoms with Gasteiger partial charge in [0, 0.05) is 23.7 Å². The Bertz CT molecular complexity index is 684. The second kappa shape index (κ2) is 6.36. The molecule has 2 rings (SSSR count). The number of amides is 1. The summed E-state index contributed by atoms with van der Waals surface area (Å²) in [6.45, 7) is 2.19. The number of nitrogens with one attached hydrogen (secondary N) is 1. The maximum atomic E-state index is 11.8. The summed E-state index contributed by atoms with van der Waals surface area (Å²) < 4.78 is 1.50. The van der Waals surface area contributed by atoms with Crippen molar-refractivity contribution >= 4 is 29.0 Å². The Kier molecular flexibility index (Phi) is 4.54. The first kappa shape index (κ1) is 15.0. The molecule has 8 heteroatoms. The van der Waals surface area contributed by atoms with Gasteiger partial charge in [0.25, 0.3) is 0 Å². The summed E-state index contributed by atoms with van der Waals surface area (Å²) in [5.74, 6) is -0.438. The van der Waals surface area contributed by atoms with E-state index in [-0.39, 0.29) is 18.1 Å². The number of anilines is 1. The highest BCUT2D eigenvalue weighted by Crippen LogP contribution is 2.20. The third-order valence-corrected chi connectivity index (χ3v) is 3.27. The summed E-state index contributed by atoms with van der Waals surface area (Å²) in [5, 5.41) is 13.8. The normalized spacial score (nSPS) is 10.4. The van der Waals surface area contributed by atoms with Gasteiger partial charge in [-0.3, -0.25) is 4.79 Å². The molecule has 1 aromatic carbocycles. The third kappa shape index (κ3) is 4.03. The molecule has 0 unspecified atom stereocenters. The lowest BCUT2D eigenvalue weighted by atomic mass is 10.2. The average molecular weight is 309 g/mol. The maximum Gasteiger partial charge on any atom is 0.381 e. The number of nitrogens with zero attached hydrogens (tertiary/aromatic N) is 3. The molecule has 1 N–H and O–H groups in total. The molecule has 0 aliphatic heterocycles. The molecule has 1 heterocycles. The van der Waals surface area contributed by atoms with Gasteiger partial charge < -0.3 is 20.0 Å². The fourth-order valence-electron chi connectivity index (χ4n) is 1.69. The predicted octanol–water partition coefficient (Wildman–Crippen LogP) is 2.78. The first-order chi connectivity index (χ1) is 9.95. The number of carbonyl (C=O) groups excluding carboxylic acids is 1. The highest BCUT2D eigenvalue weighted by molar-refractivity contribution is 6.31. The Morgan fingerprint density at radius 3 is 2.90 bits per heavy atom. The van der Waals surface area contributed by atoms with E-state index in [2.05, 4.69) is 10.3 Å². The number of imidazole rings is 1. The van der Waals surface area contributed by atoms with Crippen LogP contribution in [0.3, 0.4) is 0 Å². The second-order valence-electron chi connectivity index (χ2n) is 4.49. The summed E-state index contributed by atoms with van der Waals surface area (Å²) in [6.07, 6.45) is 2.79. The molecule has 0 spiro atoms. The van der Waals surface area contributed by atoms with Crippen molar-refractivity contribution in [2.45, 2.75) is 19.9 Å². The van der Waals surface area contributed by atoms with Gasteiger partial charge in [-0.05, 0) is 34.5 Å². The van der Waals surface area contributed by atoms with Crippen LogP contribution in [0, 0.1) is 17.0 Å². The SMILES string of the molecule is Cc1ccc(NC(=O)CCn2cnc([N+](=O)[O-])c2)cc1Cl. The largest absolute Gasteiger partial charge is 0.381 e. The molecule has 0 radical (unpaired) electrons. The van der Waals surface area contributed by atoms with E-state index >= 15 is 0 Å². The molecule has 7 nitrogen and oxygen atoms in total. The topological polar surface area (TPSA) is 90.1 Å². The number of benzene rings is 1. The van der Waals surface area contributed by atoms with Crippen molar-refractivity contribution in [2.75, 3.05) is 5.32 Å². The van der Waals surface area contributed by atoms with Crippen LogP contribution in [0.4, 0.5) is 11.5 Å². The van der Waals surface area contributed by atoms with Crippen LogP contribution in [0.15, 0.2) is 30.7 Å². The molecule has 2 aromatic rings. The van der Waals surface area contributed by atoms with Gasteiger partial charge >= 0.3 is 5.82 Å². The molecule has 21 heavy (non-hydrogen) atoms. The van der Waals surface area contributed by atoms with Crippen LogP contribution in [-0.2, 0) is 11.3 Å². The molecule has 0 bridgehead atoms. The van der Waals surface area contributed by atoms with Gasteiger partial charge in [-0.25, -0.2) is 0 Å². The van der Waals surface area contributed by atoms with E-state index in [9.17, 15) is 14.9 Å². The molecule has 0 atom stereocenters. The van der Waals surface area contributed by atoms with Crippen LogP contribution in [0.1, 0.15) is 12.0 Å². The molecule has 110 valence electrons. The molecule has 0 aliphatic carbocycles. The predicted molar refractivity (Wildman–Crippen MR) is 78.3 cm³/mol. The van der Waals surface area contributed by atoms with Gasteiger partial charge in [-0.1, -0.05) is 17.7 Å². The molecule has 0 fully saturated rings. The minimum atomic E-state index is -0.578. The lowest BCUT2D eigenvalue weighted by Gasteiger charge is -2.06. The lowest BCUT2D eigenvalue weighted by Crippen LogP contribution is -2.14. The van der Waals surface area contributed by atoms with Crippen molar-refractivity contribution in [3.05, 3.63) is 51.4 Å². The summed E-state index contributed by atoms with van der Waals surface area (Å²) in [7, 11) is 0. The Labute approximate surface area is 125 Å². The highest BCUT2D eigenvalue weighted by atomic mass is 35.5. The molecular formula is C13H13ClN4O3. The van der Waals surface area contributed by atoms with Crippen molar-refractivity contribution in [2.24, 2.45) is 0 Å². The van der Waals surface area contributed by atoms with E-state index in [1.165, 1.54) is 17.1 Å². The number of rotatable bonds is 5. The Hall–Kier alpha value is -2.41. The smallest absolute Gasteiger partial charge is 0.358 e. The van der Waals surface area contributed by atoms with E-state index < -0.39 is 4.92 Å². The maximum absolute atomic E-state index is 11.8. The number of aryl methyl sites for hydroxylation is 2. The number of halogens is 1. The second-order valence-corrected chi connectivity index (χ2v) is 4.90. The van der Waals surface area contributed by atoms with Crippen molar-refractivity contribution in [1.29, 1.82) is 0 Å². The third-order valence-electron chi connectivity index (χ3n) is 2.86. The standard InChI is InChI=1S/C13H13ClN4O3/c1-9-2-3-10(6-11(9)14)16-13(19)4-5-17-7-12(15-8-17)18(20)21/h2-3,6-8H,4-5H2,1H3,(H,16,19). The van der Waals surface area contributed by atoms with Gasteiger partial charge in [0.1, 0.15) is 6.20 Å². The zero-order valence-electron chi connectivity index (χ0n) is 11.2. The highest BCUT2D eigenvalue weighted by Gasteiger charge is 2.11. The van der Waals surface area contributed by atoms with Gasteiger partial charge in [-0.15, -0.1) is 0 Å². The van der Waals surface area contributed by atoms with Crippen LogP contribution in [0.2, 0.25) is 5.02 Å². The van der Waals surface area contributed by atoms with Gasteiger partial charge in [0.2, 0.25) is 12.2 Å². The zero-order valence-corrected chi connectivity index (χ0v) is 12.0. The van der Waals surface area contributed by atoms with Crippen molar-refractivity contribution in [3.8, 4) is 0 Å². The first-order valence-corrected chi connectivity index (χ1v) is 6.55.